The van der Waals surface area contributed by atoms with Crippen LogP contribution in [0.3, 0.4) is 0 Å². The Kier molecular flexibility index (Phi) is 5.16. The Morgan fingerprint density at radius 3 is 2.67 bits per heavy atom. The predicted octanol–water partition coefficient (Wildman–Crippen LogP) is 0.246. The minimum atomic E-state index is -4.60. The zero-order valence-corrected chi connectivity index (χ0v) is 10.4. The molecule has 0 saturated carbocycles. The molecule has 0 aliphatic carbocycles. The van der Waals surface area contributed by atoms with Crippen molar-refractivity contribution in [2.75, 3.05) is 31.1 Å². The summed E-state index contributed by atoms with van der Waals surface area (Å²) in [6.07, 6.45) is 0. The van der Waals surface area contributed by atoms with Crippen molar-refractivity contribution in [2.45, 2.75) is 0 Å². The quantitative estimate of drug-likeness (QED) is 0.414. The van der Waals surface area contributed by atoms with Gasteiger partial charge < -0.3 is 15.2 Å². The Bertz CT molecular complexity index is 490. The molecule has 18 heavy (non-hydrogen) atoms. The second-order valence-corrected chi connectivity index (χ2v) is 4.20. The second kappa shape index (κ2) is 6.40. The molecular weight excluding hydrogens is 264 g/mol. The molecule has 0 bridgehead atoms. The lowest BCUT2D eigenvalue weighted by atomic mass is 10.2. The largest absolute Gasteiger partial charge is 0.495 e. The van der Waals surface area contributed by atoms with Crippen LogP contribution in [0.15, 0.2) is 18.2 Å². The fraction of sp³-hybridized carbons (Fsp3) is 0.333. The zero-order chi connectivity index (χ0) is 13.6. The van der Waals surface area contributed by atoms with Crippen LogP contribution in [-0.4, -0.2) is 38.3 Å². The SMILES string of the molecule is COc1ccc(NCCO)cc1NOS(=O)(=O)O. The van der Waals surface area contributed by atoms with Crippen molar-refractivity contribution >= 4 is 21.8 Å². The Morgan fingerprint density at radius 2 is 2.11 bits per heavy atom. The Balaban J connectivity index is 2.84. The summed E-state index contributed by atoms with van der Waals surface area (Å²) in [7, 11) is -3.21. The summed E-state index contributed by atoms with van der Waals surface area (Å²) in [5.74, 6) is 0.327. The lowest BCUT2D eigenvalue weighted by molar-refractivity contribution is 0.311. The Hall–Kier alpha value is -1.55. The molecule has 4 N–H and O–H groups in total. The summed E-state index contributed by atoms with van der Waals surface area (Å²) < 4.78 is 38.3. The van der Waals surface area contributed by atoms with Crippen LogP contribution in [0.25, 0.3) is 0 Å². The number of benzene rings is 1. The molecule has 102 valence electrons. The number of anilines is 2. The standard InChI is InChI=1S/C9H14N2O6S/c1-16-9-3-2-7(10-4-5-12)6-8(9)11-17-18(13,14)15/h2-3,6,10-12H,4-5H2,1H3,(H,13,14,15). The summed E-state index contributed by atoms with van der Waals surface area (Å²) >= 11 is 0. The molecule has 0 atom stereocenters. The van der Waals surface area contributed by atoms with E-state index in [1.54, 1.807) is 12.1 Å². The first kappa shape index (κ1) is 14.5. The van der Waals surface area contributed by atoms with E-state index in [4.69, 9.17) is 14.4 Å². The number of rotatable bonds is 7. The van der Waals surface area contributed by atoms with Crippen molar-refractivity contribution in [2.24, 2.45) is 0 Å². The van der Waals surface area contributed by atoms with E-state index < -0.39 is 10.4 Å². The van der Waals surface area contributed by atoms with E-state index >= 15 is 0 Å². The van der Waals surface area contributed by atoms with E-state index in [0.29, 0.717) is 18.0 Å². The van der Waals surface area contributed by atoms with E-state index in [1.807, 2.05) is 0 Å². The fourth-order valence-corrected chi connectivity index (χ4v) is 1.39. The summed E-state index contributed by atoms with van der Waals surface area (Å²) in [6.45, 7) is 0.293. The number of aliphatic hydroxyl groups excluding tert-OH is 1. The molecule has 1 aromatic carbocycles. The first-order valence-corrected chi connectivity index (χ1v) is 6.27. The molecule has 0 aliphatic heterocycles. The van der Waals surface area contributed by atoms with E-state index in [9.17, 15) is 8.42 Å². The maximum Gasteiger partial charge on any atom is 0.418 e. The highest BCUT2D eigenvalue weighted by molar-refractivity contribution is 7.80. The summed E-state index contributed by atoms with van der Waals surface area (Å²) in [4.78, 5) is 0. The van der Waals surface area contributed by atoms with E-state index in [-0.39, 0.29) is 12.3 Å². The first-order chi connectivity index (χ1) is 8.46. The minimum Gasteiger partial charge on any atom is -0.495 e. The molecule has 8 nitrogen and oxygen atoms in total. The van der Waals surface area contributed by atoms with Gasteiger partial charge in [0.25, 0.3) is 0 Å². The number of hydrogen-bond acceptors (Lipinski definition) is 7. The van der Waals surface area contributed by atoms with Crippen LogP contribution in [0.5, 0.6) is 5.75 Å². The van der Waals surface area contributed by atoms with Gasteiger partial charge in [-0.1, -0.05) is 0 Å². The maximum atomic E-state index is 10.4. The summed E-state index contributed by atoms with van der Waals surface area (Å²) in [6, 6.07) is 4.74. The topological polar surface area (TPSA) is 117 Å². The highest BCUT2D eigenvalue weighted by Crippen LogP contribution is 2.27. The number of aliphatic hydroxyl groups is 1. The van der Waals surface area contributed by atoms with Crippen LogP contribution in [0.1, 0.15) is 0 Å². The van der Waals surface area contributed by atoms with Crippen molar-refractivity contribution in [1.82, 2.24) is 0 Å². The van der Waals surface area contributed by atoms with Crippen LogP contribution in [-0.2, 0) is 14.7 Å². The van der Waals surface area contributed by atoms with E-state index in [1.165, 1.54) is 13.2 Å². The lowest BCUT2D eigenvalue weighted by Crippen LogP contribution is -2.11. The molecule has 0 saturated heterocycles. The number of ether oxygens (including phenoxy) is 1. The van der Waals surface area contributed by atoms with Crippen molar-refractivity contribution in [3.8, 4) is 5.75 Å². The van der Waals surface area contributed by atoms with Gasteiger partial charge in [-0.3, -0.25) is 4.55 Å². The monoisotopic (exact) mass is 278 g/mol. The third kappa shape index (κ3) is 4.75. The molecule has 0 unspecified atom stereocenters. The lowest BCUT2D eigenvalue weighted by Gasteiger charge is -2.12. The van der Waals surface area contributed by atoms with Gasteiger partial charge in [0, 0.05) is 12.2 Å². The maximum absolute atomic E-state index is 10.4. The van der Waals surface area contributed by atoms with Gasteiger partial charge in [-0.25, -0.2) is 5.48 Å². The molecule has 0 spiro atoms. The first-order valence-electron chi connectivity index (χ1n) is 4.91. The van der Waals surface area contributed by atoms with Gasteiger partial charge >= 0.3 is 10.4 Å². The second-order valence-electron chi connectivity index (χ2n) is 3.18. The van der Waals surface area contributed by atoms with Crippen molar-refractivity contribution in [3.63, 3.8) is 0 Å². The normalized spacial score (nSPS) is 11.1. The number of hydrogen-bond donors (Lipinski definition) is 4. The molecule has 0 radical (unpaired) electrons. The molecule has 9 heteroatoms. The number of nitrogens with one attached hydrogen (secondary N) is 2. The van der Waals surface area contributed by atoms with Gasteiger partial charge in [-0.2, -0.15) is 8.42 Å². The van der Waals surface area contributed by atoms with Gasteiger partial charge in [0.15, 0.2) is 0 Å². The van der Waals surface area contributed by atoms with Gasteiger partial charge in [-0.15, -0.1) is 4.28 Å². The van der Waals surface area contributed by atoms with Gasteiger partial charge in [0.2, 0.25) is 0 Å². The summed E-state index contributed by atoms with van der Waals surface area (Å²) in [5.41, 5.74) is 2.88. The van der Waals surface area contributed by atoms with Crippen LogP contribution < -0.4 is 15.5 Å². The fourth-order valence-electron chi connectivity index (χ4n) is 1.20. The predicted molar refractivity (Wildman–Crippen MR) is 64.8 cm³/mol. The van der Waals surface area contributed by atoms with Crippen LogP contribution >= 0.6 is 0 Å². The highest BCUT2D eigenvalue weighted by atomic mass is 32.3. The molecule has 0 aliphatic rings. The smallest absolute Gasteiger partial charge is 0.418 e. The van der Waals surface area contributed by atoms with E-state index in [2.05, 4.69) is 15.1 Å². The molecule has 0 amide bonds. The molecule has 0 heterocycles. The highest BCUT2D eigenvalue weighted by Gasteiger charge is 2.09. The molecular formula is C9H14N2O6S. The van der Waals surface area contributed by atoms with Crippen LogP contribution in [0.4, 0.5) is 11.4 Å². The third-order valence-electron chi connectivity index (χ3n) is 1.90. The average molecular weight is 278 g/mol. The van der Waals surface area contributed by atoms with E-state index in [0.717, 1.165) is 0 Å². The Labute approximate surface area is 104 Å². The van der Waals surface area contributed by atoms with Crippen LogP contribution in [0, 0.1) is 0 Å². The molecule has 0 fully saturated rings. The minimum absolute atomic E-state index is 0.0453. The van der Waals surface area contributed by atoms with Crippen molar-refractivity contribution in [3.05, 3.63) is 18.2 Å². The summed E-state index contributed by atoms with van der Waals surface area (Å²) in [5, 5.41) is 11.5. The van der Waals surface area contributed by atoms with Gasteiger partial charge in [0.05, 0.1) is 13.7 Å². The molecule has 1 aromatic rings. The number of methoxy groups -OCH3 is 1. The van der Waals surface area contributed by atoms with Crippen LogP contribution in [0.2, 0.25) is 0 Å². The molecule has 1 rings (SSSR count). The molecule has 0 aromatic heterocycles. The third-order valence-corrected chi connectivity index (χ3v) is 2.19. The zero-order valence-electron chi connectivity index (χ0n) is 9.58. The Morgan fingerprint density at radius 1 is 1.39 bits per heavy atom. The van der Waals surface area contributed by atoms with Gasteiger partial charge in [0.1, 0.15) is 11.4 Å². The van der Waals surface area contributed by atoms with Gasteiger partial charge in [-0.05, 0) is 18.2 Å². The van der Waals surface area contributed by atoms with Crippen molar-refractivity contribution < 1.29 is 27.1 Å². The van der Waals surface area contributed by atoms with Crippen molar-refractivity contribution in [1.29, 1.82) is 0 Å². The average Bonchev–Trinajstić information content (AvgIpc) is 2.33.